The van der Waals surface area contributed by atoms with Crippen LogP contribution >= 0.6 is 0 Å². The topological polar surface area (TPSA) is 96.0 Å². The molecule has 2 amide bonds. The predicted octanol–water partition coefficient (Wildman–Crippen LogP) is 4.27. The molecular weight excluding hydrogens is 490 g/mol. The molecule has 1 N–H and O–H groups in total. The number of sulfonamides is 1. The average molecular weight is 532 g/mol. The van der Waals surface area contributed by atoms with Crippen LogP contribution in [0.1, 0.15) is 58.1 Å². The van der Waals surface area contributed by atoms with Crippen LogP contribution in [-0.2, 0) is 26.2 Å². The van der Waals surface area contributed by atoms with Gasteiger partial charge in [0.1, 0.15) is 11.8 Å². The monoisotopic (exact) mass is 531 g/mol. The van der Waals surface area contributed by atoms with E-state index < -0.39 is 21.6 Å². The van der Waals surface area contributed by atoms with Gasteiger partial charge in [-0.05, 0) is 70.4 Å². The van der Waals surface area contributed by atoms with Crippen molar-refractivity contribution in [3.8, 4) is 5.75 Å². The first-order valence-electron chi connectivity index (χ1n) is 12.5. The second-order valence-electron chi connectivity index (χ2n) is 10.3. The number of aryl methyl sites for hydroxylation is 1. The molecule has 8 nitrogen and oxygen atoms in total. The molecule has 2 aromatic carbocycles. The lowest BCUT2D eigenvalue weighted by Gasteiger charge is -2.33. The van der Waals surface area contributed by atoms with E-state index in [9.17, 15) is 18.0 Å². The maximum Gasteiger partial charge on any atom is 0.243 e. The van der Waals surface area contributed by atoms with Crippen molar-refractivity contribution in [3.63, 3.8) is 0 Å². The summed E-state index contributed by atoms with van der Waals surface area (Å²) in [6.45, 7) is 10.0. The van der Waals surface area contributed by atoms with Crippen LogP contribution in [0.4, 0.5) is 5.69 Å². The van der Waals surface area contributed by atoms with Crippen molar-refractivity contribution in [2.24, 2.45) is 0 Å². The van der Waals surface area contributed by atoms with Crippen LogP contribution in [0.15, 0.2) is 48.5 Å². The van der Waals surface area contributed by atoms with Gasteiger partial charge in [-0.25, -0.2) is 8.42 Å². The van der Waals surface area contributed by atoms with Crippen molar-refractivity contribution < 1.29 is 22.7 Å². The zero-order chi connectivity index (χ0) is 27.8. The van der Waals surface area contributed by atoms with Crippen molar-refractivity contribution in [1.82, 2.24) is 10.2 Å². The number of carbonyl (C=O) groups is 2. The summed E-state index contributed by atoms with van der Waals surface area (Å²) < 4.78 is 31.4. The Labute approximate surface area is 222 Å². The smallest absolute Gasteiger partial charge is 0.243 e. The van der Waals surface area contributed by atoms with E-state index in [-0.39, 0.29) is 24.8 Å². The number of amides is 2. The van der Waals surface area contributed by atoms with Crippen LogP contribution < -0.4 is 14.4 Å². The summed E-state index contributed by atoms with van der Waals surface area (Å²) in [5, 5.41) is 2.99. The standard InChI is InChI=1S/C28H41N3O5S/c1-8-25(27(33)29-28(3,4)5)30(20-22-13-11-21(2)12-14-22)26(32)10-9-19-31(37(7,34)35)23-15-17-24(36-6)18-16-23/h11-18,25H,8-10,19-20H2,1-7H3,(H,29,33)/t25-/m0/s1. The van der Waals surface area contributed by atoms with E-state index in [0.717, 1.165) is 17.4 Å². The maximum atomic E-state index is 13.5. The molecular formula is C28H41N3O5S. The molecule has 2 aromatic rings. The number of benzene rings is 2. The van der Waals surface area contributed by atoms with Crippen LogP contribution in [0, 0.1) is 6.92 Å². The molecule has 204 valence electrons. The Kier molecular flexibility index (Phi) is 10.5. The van der Waals surface area contributed by atoms with Crippen LogP contribution in [0.5, 0.6) is 5.75 Å². The summed E-state index contributed by atoms with van der Waals surface area (Å²) >= 11 is 0. The van der Waals surface area contributed by atoms with E-state index in [2.05, 4.69) is 5.32 Å². The summed E-state index contributed by atoms with van der Waals surface area (Å²) in [6, 6.07) is 14.0. The lowest BCUT2D eigenvalue weighted by atomic mass is 10.0. The molecule has 0 aromatic heterocycles. The van der Waals surface area contributed by atoms with Gasteiger partial charge in [-0.1, -0.05) is 36.8 Å². The van der Waals surface area contributed by atoms with Gasteiger partial charge in [0.25, 0.3) is 0 Å². The Hall–Kier alpha value is -3.07. The number of methoxy groups -OCH3 is 1. The molecule has 0 bridgehead atoms. The number of hydrogen-bond acceptors (Lipinski definition) is 5. The number of hydrogen-bond donors (Lipinski definition) is 1. The van der Waals surface area contributed by atoms with Crippen molar-refractivity contribution >= 4 is 27.5 Å². The minimum Gasteiger partial charge on any atom is -0.497 e. The zero-order valence-electron chi connectivity index (χ0n) is 23.1. The quantitative estimate of drug-likeness (QED) is 0.441. The van der Waals surface area contributed by atoms with Crippen LogP contribution in [0.3, 0.4) is 0 Å². The Morgan fingerprint density at radius 1 is 1.03 bits per heavy atom. The van der Waals surface area contributed by atoms with Gasteiger partial charge in [-0.3, -0.25) is 13.9 Å². The third kappa shape index (κ3) is 9.39. The van der Waals surface area contributed by atoms with Crippen molar-refractivity contribution in [1.29, 1.82) is 0 Å². The molecule has 0 spiro atoms. The number of ether oxygens (including phenoxy) is 1. The Morgan fingerprint density at radius 3 is 2.11 bits per heavy atom. The van der Waals surface area contributed by atoms with Gasteiger partial charge in [0.05, 0.1) is 19.1 Å². The van der Waals surface area contributed by atoms with Gasteiger partial charge in [-0.2, -0.15) is 0 Å². The maximum absolute atomic E-state index is 13.5. The number of nitrogens with one attached hydrogen (secondary N) is 1. The number of nitrogens with zero attached hydrogens (tertiary/aromatic N) is 2. The highest BCUT2D eigenvalue weighted by Crippen LogP contribution is 2.23. The highest BCUT2D eigenvalue weighted by molar-refractivity contribution is 7.92. The summed E-state index contributed by atoms with van der Waals surface area (Å²) in [6.07, 6.45) is 2.01. The van der Waals surface area contributed by atoms with E-state index in [4.69, 9.17) is 4.74 Å². The minimum atomic E-state index is -3.56. The second-order valence-corrected chi connectivity index (χ2v) is 12.2. The summed E-state index contributed by atoms with van der Waals surface area (Å²) in [5.41, 5.74) is 2.11. The van der Waals surface area contributed by atoms with E-state index in [1.165, 1.54) is 4.31 Å². The Morgan fingerprint density at radius 2 is 1.62 bits per heavy atom. The van der Waals surface area contributed by atoms with Crippen molar-refractivity contribution in [3.05, 3.63) is 59.7 Å². The van der Waals surface area contributed by atoms with Gasteiger partial charge in [0.2, 0.25) is 21.8 Å². The normalized spacial score (nSPS) is 12.5. The number of carbonyl (C=O) groups excluding carboxylic acids is 2. The average Bonchev–Trinajstić information content (AvgIpc) is 2.81. The molecule has 0 aliphatic rings. The lowest BCUT2D eigenvalue weighted by Crippen LogP contribution is -2.53. The summed E-state index contributed by atoms with van der Waals surface area (Å²) in [7, 11) is -2.02. The lowest BCUT2D eigenvalue weighted by molar-refractivity contribution is -0.142. The summed E-state index contributed by atoms with van der Waals surface area (Å²) in [4.78, 5) is 28.2. The first-order chi connectivity index (χ1) is 17.2. The van der Waals surface area contributed by atoms with E-state index >= 15 is 0 Å². The van der Waals surface area contributed by atoms with Gasteiger partial charge in [0.15, 0.2) is 0 Å². The molecule has 0 saturated heterocycles. The molecule has 0 radical (unpaired) electrons. The number of anilines is 1. The second kappa shape index (κ2) is 12.9. The molecule has 0 unspecified atom stereocenters. The Bertz CT molecular complexity index is 1140. The highest BCUT2D eigenvalue weighted by atomic mass is 32.2. The van der Waals surface area contributed by atoms with E-state index in [0.29, 0.717) is 30.8 Å². The Balaban J connectivity index is 2.22. The first kappa shape index (κ1) is 30.2. The van der Waals surface area contributed by atoms with Gasteiger partial charge in [-0.15, -0.1) is 0 Å². The third-order valence-electron chi connectivity index (χ3n) is 5.87. The number of rotatable bonds is 12. The first-order valence-corrected chi connectivity index (χ1v) is 14.4. The van der Waals surface area contributed by atoms with E-state index in [1.807, 2.05) is 58.9 Å². The van der Waals surface area contributed by atoms with E-state index in [1.54, 1.807) is 36.3 Å². The van der Waals surface area contributed by atoms with Crippen LogP contribution in [0.2, 0.25) is 0 Å². The molecule has 1 atom stereocenters. The molecule has 37 heavy (non-hydrogen) atoms. The molecule has 9 heteroatoms. The van der Waals surface area contributed by atoms with Gasteiger partial charge >= 0.3 is 0 Å². The van der Waals surface area contributed by atoms with Gasteiger partial charge < -0.3 is 15.0 Å². The van der Waals surface area contributed by atoms with Crippen LogP contribution in [0.25, 0.3) is 0 Å². The SMILES string of the molecule is CC[C@@H](C(=O)NC(C)(C)C)N(Cc1ccc(C)cc1)C(=O)CCCN(c1ccc(OC)cc1)S(C)(=O)=O. The minimum absolute atomic E-state index is 0.104. The third-order valence-corrected chi connectivity index (χ3v) is 7.06. The van der Waals surface area contributed by atoms with Gasteiger partial charge in [0, 0.05) is 25.0 Å². The fourth-order valence-corrected chi connectivity index (χ4v) is 4.98. The fraction of sp³-hybridized carbons (Fsp3) is 0.500. The van der Waals surface area contributed by atoms with Crippen molar-refractivity contribution in [2.75, 3.05) is 24.2 Å². The van der Waals surface area contributed by atoms with Crippen LogP contribution in [-0.4, -0.2) is 56.6 Å². The van der Waals surface area contributed by atoms with Crippen molar-refractivity contribution in [2.45, 2.75) is 72.0 Å². The zero-order valence-corrected chi connectivity index (χ0v) is 23.9. The summed E-state index contributed by atoms with van der Waals surface area (Å²) in [5.74, 6) is 0.226. The molecule has 0 aliphatic heterocycles. The largest absolute Gasteiger partial charge is 0.497 e. The molecule has 0 fully saturated rings. The molecule has 0 aliphatic carbocycles. The predicted molar refractivity (Wildman–Crippen MR) is 148 cm³/mol. The molecule has 2 rings (SSSR count). The molecule has 0 heterocycles. The fourth-order valence-electron chi connectivity index (χ4n) is 4.01. The molecule has 0 saturated carbocycles. The highest BCUT2D eigenvalue weighted by Gasteiger charge is 2.30.